The Morgan fingerprint density at radius 3 is 2.22 bits per heavy atom. The molecule has 5 heteroatoms. The summed E-state index contributed by atoms with van der Waals surface area (Å²) in [5.41, 5.74) is 0.909. The van der Waals surface area contributed by atoms with Crippen LogP contribution in [-0.4, -0.2) is 11.0 Å². The summed E-state index contributed by atoms with van der Waals surface area (Å²) in [6.07, 6.45) is 0. The number of hydrogen-bond acceptors (Lipinski definition) is 2. The number of nitrogens with one attached hydrogen (secondary N) is 1. The number of anilines is 1. The van der Waals surface area contributed by atoms with Gasteiger partial charge in [0, 0.05) is 14.6 Å². The molecule has 0 bridgehead atoms. The van der Waals surface area contributed by atoms with Gasteiger partial charge in [0.25, 0.3) is 5.91 Å². The van der Waals surface area contributed by atoms with Gasteiger partial charge < -0.3 is 10.4 Å². The molecule has 0 aromatic heterocycles. The summed E-state index contributed by atoms with van der Waals surface area (Å²) in [6.45, 7) is 0. The molecule has 3 nitrogen and oxygen atoms in total. The van der Waals surface area contributed by atoms with Crippen molar-refractivity contribution in [1.29, 1.82) is 0 Å². The van der Waals surface area contributed by atoms with E-state index in [9.17, 15) is 9.90 Å². The highest BCUT2D eigenvalue weighted by molar-refractivity contribution is 9.10. The van der Waals surface area contributed by atoms with E-state index in [4.69, 9.17) is 0 Å². The molecule has 2 aromatic rings. The van der Waals surface area contributed by atoms with E-state index in [-0.39, 0.29) is 17.2 Å². The first kappa shape index (κ1) is 13.1. The third-order valence-electron chi connectivity index (χ3n) is 2.31. The van der Waals surface area contributed by atoms with Gasteiger partial charge in [-0.1, -0.05) is 31.9 Å². The molecule has 1 amide bonds. The Morgan fingerprint density at radius 2 is 1.61 bits per heavy atom. The summed E-state index contributed by atoms with van der Waals surface area (Å²) in [7, 11) is 0. The zero-order chi connectivity index (χ0) is 13.1. The fraction of sp³-hybridized carbons (Fsp3) is 0. The molecule has 0 fully saturated rings. The quantitative estimate of drug-likeness (QED) is 0.833. The van der Waals surface area contributed by atoms with Gasteiger partial charge >= 0.3 is 0 Å². The molecule has 18 heavy (non-hydrogen) atoms. The summed E-state index contributed by atoms with van der Waals surface area (Å²) in [4.78, 5) is 11.9. The van der Waals surface area contributed by atoms with Crippen LogP contribution in [0, 0.1) is 0 Å². The highest BCUT2D eigenvalue weighted by Gasteiger charge is 2.11. The molecule has 2 N–H and O–H groups in total. The molecule has 0 aliphatic rings. The number of aromatic hydroxyl groups is 1. The summed E-state index contributed by atoms with van der Waals surface area (Å²) in [5, 5.41) is 12.4. The van der Waals surface area contributed by atoms with Gasteiger partial charge in [0.05, 0.1) is 5.56 Å². The lowest BCUT2D eigenvalue weighted by Gasteiger charge is -2.07. The minimum atomic E-state index is -0.345. The molecular weight excluding hydrogens is 362 g/mol. The summed E-state index contributed by atoms with van der Waals surface area (Å²) >= 11 is 6.54. The molecule has 0 aliphatic heterocycles. The minimum absolute atomic E-state index is 0.0565. The third-order valence-corrected chi connectivity index (χ3v) is 3.33. The van der Waals surface area contributed by atoms with Crippen LogP contribution in [0.3, 0.4) is 0 Å². The number of amides is 1. The van der Waals surface area contributed by atoms with Crippen molar-refractivity contribution in [1.82, 2.24) is 0 Å². The Hall–Kier alpha value is -1.33. The van der Waals surface area contributed by atoms with Crippen molar-refractivity contribution in [2.24, 2.45) is 0 Å². The Labute approximate surface area is 121 Å². The van der Waals surface area contributed by atoms with Gasteiger partial charge in [-0.15, -0.1) is 0 Å². The van der Waals surface area contributed by atoms with Crippen LogP contribution < -0.4 is 5.32 Å². The monoisotopic (exact) mass is 369 g/mol. The van der Waals surface area contributed by atoms with Gasteiger partial charge in [0.2, 0.25) is 0 Å². The van der Waals surface area contributed by atoms with Crippen molar-refractivity contribution in [3.63, 3.8) is 0 Å². The zero-order valence-electron chi connectivity index (χ0n) is 9.15. The van der Waals surface area contributed by atoms with Crippen LogP contribution in [0.25, 0.3) is 0 Å². The van der Waals surface area contributed by atoms with Crippen LogP contribution in [0.1, 0.15) is 10.4 Å². The maximum absolute atomic E-state index is 11.9. The second-order valence-corrected chi connectivity index (χ2v) is 5.45. The lowest BCUT2D eigenvalue weighted by molar-refractivity contribution is 0.102. The number of halogens is 2. The number of phenolic OH excluding ortho intramolecular Hbond substituents is 1. The van der Waals surface area contributed by atoms with Crippen molar-refractivity contribution < 1.29 is 9.90 Å². The number of carbonyl (C=O) groups excluding carboxylic acids is 1. The van der Waals surface area contributed by atoms with E-state index in [0.29, 0.717) is 5.69 Å². The van der Waals surface area contributed by atoms with Gasteiger partial charge in [-0.25, -0.2) is 0 Å². The standard InChI is InChI=1S/C13H9Br2NO2/c14-8-1-4-10(5-2-8)16-13(18)11-6-3-9(15)7-12(11)17/h1-7,17H,(H,16,18). The van der Waals surface area contributed by atoms with Gasteiger partial charge in [-0.3, -0.25) is 4.79 Å². The fourth-order valence-corrected chi connectivity index (χ4v) is 2.04. The van der Waals surface area contributed by atoms with E-state index >= 15 is 0 Å². The first-order valence-corrected chi connectivity index (χ1v) is 6.70. The Morgan fingerprint density at radius 1 is 1.00 bits per heavy atom. The molecule has 0 aliphatic carbocycles. The number of hydrogen-bond donors (Lipinski definition) is 2. The predicted octanol–water partition coefficient (Wildman–Crippen LogP) is 4.17. The number of phenols is 1. The summed E-state index contributed by atoms with van der Waals surface area (Å²) in [5.74, 6) is -0.402. The molecule has 0 atom stereocenters. The lowest BCUT2D eigenvalue weighted by atomic mass is 10.2. The molecule has 0 spiro atoms. The Balaban J connectivity index is 2.19. The third kappa shape index (κ3) is 3.11. The molecule has 0 saturated heterocycles. The zero-order valence-corrected chi connectivity index (χ0v) is 12.3. The van der Waals surface area contributed by atoms with Crippen LogP contribution in [0.5, 0.6) is 5.75 Å². The van der Waals surface area contributed by atoms with Gasteiger partial charge in [0.1, 0.15) is 5.75 Å². The normalized spacial score (nSPS) is 10.1. The second-order valence-electron chi connectivity index (χ2n) is 3.62. The van der Waals surface area contributed by atoms with Gasteiger partial charge in [0.15, 0.2) is 0 Å². The largest absolute Gasteiger partial charge is 0.507 e. The summed E-state index contributed by atoms with van der Waals surface area (Å²) < 4.78 is 1.66. The molecule has 92 valence electrons. The number of benzene rings is 2. The smallest absolute Gasteiger partial charge is 0.259 e. The fourth-order valence-electron chi connectivity index (χ4n) is 1.43. The predicted molar refractivity (Wildman–Crippen MR) is 77.9 cm³/mol. The lowest BCUT2D eigenvalue weighted by Crippen LogP contribution is -2.11. The topological polar surface area (TPSA) is 49.3 Å². The van der Waals surface area contributed by atoms with E-state index in [0.717, 1.165) is 8.95 Å². The Bertz CT molecular complexity index is 582. The van der Waals surface area contributed by atoms with Crippen molar-refractivity contribution >= 4 is 43.5 Å². The molecular formula is C13H9Br2NO2. The number of rotatable bonds is 2. The van der Waals surface area contributed by atoms with Crippen molar-refractivity contribution in [3.05, 3.63) is 57.0 Å². The SMILES string of the molecule is O=C(Nc1ccc(Br)cc1)c1ccc(Br)cc1O. The highest BCUT2D eigenvalue weighted by Crippen LogP contribution is 2.23. The molecule has 2 aromatic carbocycles. The van der Waals surface area contributed by atoms with Crippen LogP contribution in [0.4, 0.5) is 5.69 Å². The average molecular weight is 371 g/mol. The first-order chi connectivity index (χ1) is 8.56. The van der Waals surface area contributed by atoms with Gasteiger partial charge in [-0.05, 0) is 42.5 Å². The molecule has 0 saturated carbocycles. The second kappa shape index (κ2) is 5.54. The van der Waals surface area contributed by atoms with Crippen LogP contribution >= 0.6 is 31.9 Å². The van der Waals surface area contributed by atoms with E-state index in [1.165, 1.54) is 6.07 Å². The van der Waals surface area contributed by atoms with Crippen molar-refractivity contribution in [2.45, 2.75) is 0 Å². The molecule has 0 unspecified atom stereocenters. The first-order valence-electron chi connectivity index (χ1n) is 5.12. The van der Waals surface area contributed by atoms with E-state index in [2.05, 4.69) is 37.2 Å². The number of carbonyl (C=O) groups is 1. The van der Waals surface area contributed by atoms with Gasteiger partial charge in [-0.2, -0.15) is 0 Å². The maximum atomic E-state index is 11.9. The molecule has 2 rings (SSSR count). The van der Waals surface area contributed by atoms with Crippen molar-refractivity contribution in [2.75, 3.05) is 5.32 Å². The molecule has 0 heterocycles. The summed E-state index contributed by atoms with van der Waals surface area (Å²) in [6, 6.07) is 12.0. The van der Waals surface area contributed by atoms with E-state index in [1.807, 2.05) is 12.1 Å². The van der Waals surface area contributed by atoms with E-state index in [1.54, 1.807) is 24.3 Å². The van der Waals surface area contributed by atoms with Crippen LogP contribution in [-0.2, 0) is 0 Å². The van der Waals surface area contributed by atoms with Crippen LogP contribution in [0.2, 0.25) is 0 Å². The highest BCUT2D eigenvalue weighted by atomic mass is 79.9. The van der Waals surface area contributed by atoms with Crippen molar-refractivity contribution in [3.8, 4) is 5.75 Å². The minimum Gasteiger partial charge on any atom is -0.507 e. The average Bonchev–Trinajstić information content (AvgIpc) is 2.32. The van der Waals surface area contributed by atoms with E-state index < -0.39 is 0 Å². The maximum Gasteiger partial charge on any atom is 0.259 e. The van der Waals surface area contributed by atoms with Crippen LogP contribution in [0.15, 0.2) is 51.4 Å². The Kier molecular flexibility index (Phi) is 4.04. The molecule has 0 radical (unpaired) electrons.